The number of allylic oxidation sites excluding steroid dienone is 1. The summed E-state index contributed by atoms with van der Waals surface area (Å²) in [5.74, 6) is 1.65. The predicted octanol–water partition coefficient (Wildman–Crippen LogP) is 5.34. The zero-order chi connectivity index (χ0) is 19.9. The minimum absolute atomic E-state index is 0.0333. The smallest absolute Gasteiger partial charge is 0.131 e. The molecule has 2 aromatic rings. The Morgan fingerprint density at radius 3 is 2.75 bits per heavy atom. The van der Waals surface area contributed by atoms with E-state index < -0.39 is 0 Å². The van der Waals surface area contributed by atoms with Gasteiger partial charge in [-0.15, -0.1) is 0 Å². The number of nitrogens with one attached hydrogen (secondary N) is 1. The molecule has 0 amide bonds. The van der Waals surface area contributed by atoms with E-state index in [1.807, 2.05) is 24.3 Å². The highest BCUT2D eigenvalue weighted by molar-refractivity contribution is 5.91. The summed E-state index contributed by atoms with van der Waals surface area (Å²) >= 11 is 0. The number of aliphatic hydroxyl groups is 1. The van der Waals surface area contributed by atoms with E-state index in [0.717, 1.165) is 28.3 Å². The van der Waals surface area contributed by atoms with Crippen LogP contribution < -0.4 is 14.8 Å². The minimum atomic E-state index is -0.126. The highest BCUT2D eigenvalue weighted by Crippen LogP contribution is 2.52. The minimum Gasteiger partial charge on any atom is -0.496 e. The topological polar surface area (TPSA) is 50.7 Å². The lowest BCUT2D eigenvalue weighted by atomic mass is 9.81. The van der Waals surface area contributed by atoms with E-state index in [-0.39, 0.29) is 18.2 Å². The first-order valence-corrected chi connectivity index (χ1v) is 9.70. The van der Waals surface area contributed by atoms with E-state index in [9.17, 15) is 0 Å². The lowest BCUT2D eigenvalue weighted by Gasteiger charge is -2.37. The maximum Gasteiger partial charge on any atom is 0.131 e. The van der Waals surface area contributed by atoms with E-state index >= 15 is 0 Å². The Kier molecular flexibility index (Phi) is 4.68. The molecule has 0 aliphatic carbocycles. The van der Waals surface area contributed by atoms with Crippen LogP contribution in [0.5, 0.6) is 11.5 Å². The number of methoxy groups -OCH3 is 1. The van der Waals surface area contributed by atoms with E-state index in [0.29, 0.717) is 6.42 Å². The molecule has 4 heteroatoms. The number of benzene rings is 2. The van der Waals surface area contributed by atoms with Gasteiger partial charge in [0.1, 0.15) is 17.6 Å². The second kappa shape index (κ2) is 7.02. The fourth-order valence-corrected chi connectivity index (χ4v) is 4.41. The maximum absolute atomic E-state index is 9.15. The average molecular weight is 377 g/mol. The lowest BCUT2D eigenvalue weighted by molar-refractivity contribution is 0.204. The normalized spacial score (nSPS) is 19.0. The number of hydrogen-bond donors (Lipinski definition) is 2. The van der Waals surface area contributed by atoms with Crippen molar-refractivity contribution >= 4 is 11.3 Å². The third-order valence-electron chi connectivity index (χ3n) is 5.36. The molecule has 0 spiro atoms. The Morgan fingerprint density at radius 2 is 2.00 bits per heavy atom. The fraction of sp³-hybridized carbons (Fsp3) is 0.333. The number of hydrogen-bond acceptors (Lipinski definition) is 4. The Balaban J connectivity index is 1.96. The van der Waals surface area contributed by atoms with Crippen molar-refractivity contribution < 1.29 is 14.6 Å². The van der Waals surface area contributed by atoms with Crippen LogP contribution in [0.1, 0.15) is 44.4 Å². The van der Waals surface area contributed by atoms with E-state index in [4.69, 9.17) is 14.6 Å². The number of aliphatic hydroxyl groups excluding tert-OH is 1. The molecule has 146 valence electrons. The monoisotopic (exact) mass is 377 g/mol. The molecule has 0 saturated carbocycles. The van der Waals surface area contributed by atoms with Gasteiger partial charge in [-0.25, -0.2) is 0 Å². The average Bonchev–Trinajstić information content (AvgIpc) is 2.66. The van der Waals surface area contributed by atoms with Crippen molar-refractivity contribution in [2.45, 2.75) is 38.8 Å². The van der Waals surface area contributed by atoms with Gasteiger partial charge in [-0.3, -0.25) is 0 Å². The summed E-state index contributed by atoms with van der Waals surface area (Å²) in [4.78, 5) is 0. The predicted molar refractivity (Wildman–Crippen MR) is 114 cm³/mol. The van der Waals surface area contributed by atoms with Crippen LogP contribution in [0.15, 0.2) is 48.6 Å². The molecule has 1 unspecified atom stereocenters. The first-order chi connectivity index (χ1) is 13.4. The number of anilines is 1. The van der Waals surface area contributed by atoms with Crippen molar-refractivity contribution in [1.82, 2.24) is 0 Å². The Labute approximate surface area is 166 Å². The second-order valence-electron chi connectivity index (χ2n) is 7.95. The zero-order valence-electron chi connectivity index (χ0n) is 16.9. The zero-order valence-corrected chi connectivity index (χ0v) is 16.9. The molecule has 4 nitrogen and oxygen atoms in total. The molecule has 1 atom stereocenters. The quantitative estimate of drug-likeness (QED) is 0.706. The van der Waals surface area contributed by atoms with E-state index in [1.165, 1.54) is 16.7 Å². The summed E-state index contributed by atoms with van der Waals surface area (Å²) < 4.78 is 12.1. The number of ether oxygens (including phenoxy) is 2. The van der Waals surface area contributed by atoms with Crippen LogP contribution >= 0.6 is 0 Å². The Hall–Kier alpha value is -2.72. The van der Waals surface area contributed by atoms with Crippen molar-refractivity contribution in [2.75, 3.05) is 19.0 Å². The van der Waals surface area contributed by atoms with Crippen LogP contribution in [-0.2, 0) is 0 Å². The van der Waals surface area contributed by atoms with Crippen molar-refractivity contribution in [2.24, 2.45) is 0 Å². The second-order valence-corrected chi connectivity index (χ2v) is 7.95. The largest absolute Gasteiger partial charge is 0.496 e. The van der Waals surface area contributed by atoms with Crippen LogP contribution in [0.4, 0.5) is 5.69 Å². The van der Waals surface area contributed by atoms with Gasteiger partial charge in [-0.2, -0.15) is 0 Å². The SMILES string of the molecule is COc1cccc2c1-c1ccc3c(c1C(CC=CCO)O2)C(C)=CC(C)(C)N3. The third kappa shape index (κ3) is 3.08. The number of fused-ring (bicyclic) bond motifs is 5. The Bertz CT molecular complexity index is 972. The standard InChI is InChI=1S/C24H27NO3/c1-15-14-24(2,3)25-17-12-11-16-22-18(27-4)9-7-10-19(22)28-20(8-5-6-13-26)23(16)21(15)17/h5-7,9-12,14,20,25-26H,8,13H2,1-4H3. The molecule has 2 aromatic carbocycles. The fourth-order valence-electron chi connectivity index (χ4n) is 4.41. The molecule has 4 rings (SSSR count). The molecule has 2 N–H and O–H groups in total. The van der Waals surface area contributed by atoms with Gasteiger partial charge < -0.3 is 19.9 Å². The highest BCUT2D eigenvalue weighted by atomic mass is 16.5. The van der Waals surface area contributed by atoms with Crippen LogP contribution in [0, 0.1) is 0 Å². The van der Waals surface area contributed by atoms with Gasteiger partial charge in [-0.1, -0.05) is 30.4 Å². The summed E-state index contributed by atoms with van der Waals surface area (Å²) in [5, 5.41) is 12.8. The first-order valence-electron chi connectivity index (χ1n) is 9.70. The van der Waals surface area contributed by atoms with Gasteiger partial charge >= 0.3 is 0 Å². The first kappa shape index (κ1) is 18.6. The van der Waals surface area contributed by atoms with Gasteiger partial charge in [-0.05, 0) is 50.1 Å². The van der Waals surface area contributed by atoms with Crippen molar-refractivity contribution in [3.8, 4) is 22.6 Å². The maximum atomic E-state index is 9.15. The summed E-state index contributed by atoms with van der Waals surface area (Å²) in [6, 6.07) is 10.3. The van der Waals surface area contributed by atoms with Gasteiger partial charge in [0.05, 0.1) is 24.8 Å². The molecule has 2 aliphatic rings. The summed E-state index contributed by atoms with van der Waals surface area (Å²) in [6.45, 7) is 6.55. The van der Waals surface area contributed by atoms with Crippen LogP contribution in [0.25, 0.3) is 16.7 Å². The molecule has 0 aromatic heterocycles. The van der Waals surface area contributed by atoms with E-state index in [2.05, 4.69) is 44.3 Å². The van der Waals surface area contributed by atoms with Crippen LogP contribution in [-0.4, -0.2) is 24.4 Å². The summed E-state index contributed by atoms with van der Waals surface area (Å²) in [6.07, 6.45) is 6.59. The molecule has 0 fully saturated rings. The molecular formula is C24H27NO3. The van der Waals surface area contributed by atoms with Gasteiger partial charge in [0.15, 0.2) is 0 Å². The molecular weight excluding hydrogens is 350 g/mol. The van der Waals surface area contributed by atoms with Gasteiger partial charge in [0.2, 0.25) is 0 Å². The molecule has 28 heavy (non-hydrogen) atoms. The van der Waals surface area contributed by atoms with Gasteiger partial charge in [0.25, 0.3) is 0 Å². The van der Waals surface area contributed by atoms with E-state index in [1.54, 1.807) is 13.2 Å². The lowest BCUT2D eigenvalue weighted by Crippen LogP contribution is -2.32. The molecule has 0 radical (unpaired) electrons. The van der Waals surface area contributed by atoms with Gasteiger partial charge in [0, 0.05) is 23.2 Å². The molecule has 0 saturated heterocycles. The Morgan fingerprint density at radius 1 is 1.18 bits per heavy atom. The summed E-state index contributed by atoms with van der Waals surface area (Å²) in [7, 11) is 1.69. The van der Waals surface area contributed by atoms with Crippen molar-refractivity contribution in [3.05, 3.63) is 59.7 Å². The van der Waals surface area contributed by atoms with Crippen molar-refractivity contribution in [1.29, 1.82) is 0 Å². The van der Waals surface area contributed by atoms with Crippen LogP contribution in [0.3, 0.4) is 0 Å². The molecule has 2 aliphatic heterocycles. The molecule has 0 bridgehead atoms. The molecule has 2 heterocycles. The third-order valence-corrected chi connectivity index (χ3v) is 5.36. The summed E-state index contributed by atoms with van der Waals surface area (Å²) in [5.41, 5.74) is 6.81. The van der Waals surface area contributed by atoms with Crippen molar-refractivity contribution in [3.63, 3.8) is 0 Å². The van der Waals surface area contributed by atoms with Crippen LogP contribution in [0.2, 0.25) is 0 Å². The number of rotatable bonds is 4. The highest BCUT2D eigenvalue weighted by Gasteiger charge is 2.34.